The zero-order chi connectivity index (χ0) is 15.0. The van der Waals surface area contributed by atoms with Crippen molar-refractivity contribution >= 4 is 45.1 Å². The average Bonchev–Trinajstić information content (AvgIpc) is 3.07. The molecule has 0 radical (unpaired) electrons. The molecule has 0 atom stereocenters. The molecule has 0 saturated carbocycles. The lowest BCUT2D eigenvalue weighted by Crippen LogP contribution is -2.16. The van der Waals surface area contributed by atoms with Gasteiger partial charge in [0.25, 0.3) is 0 Å². The van der Waals surface area contributed by atoms with Crippen LogP contribution in [0.2, 0.25) is 0 Å². The summed E-state index contributed by atoms with van der Waals surface area (Å²) in [6, 6.07) is 3.53. The Bertz CT molecular complexity index is 814. The number of amides is 1. The second-order valence-electron chi connectivity index (χ2n) is 3.94. The lowest BCUT2D eigenvalue weighted by atomic mass is 10.2. The van der Waals surface area contributed by atoms with Gasteiger partial charge in [0.1, 0.15) is 10.5 Å². The van der Waals surface area contributed by atoms with Crippen molar-refractivity contribution in [3.63, 3.8) is 0 Å². The lowest BCUT2D eigenvalue weighted by molar-refractivity contribution is 0.212. The third kappa shape index (κ3) is 2.41. The summed E-state index contributed by atoms with van der Waals surface area (Å²) in [4.78, 5) is 20.3. The number of nitrogens with two attached hydrogens (primary N) is 2. The molecule has 0 aliphatic carbocycles. The van der Waals surface area contributed by atoms with Crippen molar-refractivity contribution in [1.82, 2.24) is 9.97 Å². The van der Waals surface area contributed by atoms with Crippen LogP contribution in [0.5, 0.6) is 5.06 Å². The quantitative estimate of drug-likeness (QED) is 0.562. The first-order valence-corrected chi connectivity index (χ1v) is 7.79. The number of hydrogen-bond donors (Lipinski definition) is 2. The van der Waals surface area contributed by atoms with Crippen LogP contribution in [0.1, 0.15) is 0 Å². The average molecular weight is 322 g/mol. The van der Waals surface area contributed by atoms with Crippen molar-refractivity contribution in [2.24, 2.45) is 5.73 Å². The lowest BCUT2D eigenvalue weighted by Gasteiger charge is -2.03. The number of furan rings is 1. The number of carbonyl (C=O) groups excluding carboxylic acids is 1. The molecule has 0 aliphatic heterocycles. The summed E-state index contributed by atoms with van der Waals surface area (Å²) in [6.07, 6.45) is 2.49. The van der Waals surface area contributed by atoms with Crippen molar-refractivity contribution in [2.45, 2.75) is 5.16 Å². The molecule has 0 spiro atoms. The van der Waals surface area contributed by atoms with Crippen molar-refractivity contribution in [2.75, 3.05) is 12.0 Å². The first kappa shape index (κ1) is 13.7. The minimum atomic E-state index is -0.925. The number of hydrogen-bond acceptors (Lipinski definition) is 8. The molecule has 3 aromatic heterocycles. The molecule has 108 valence electrons. The summed E-state index contributed by atoms with van der Waals surface area (Å²) < 4.78 is 10.3. The van der Waals surface area contributed by atoms with Crippen molar-refractivity contribution in [3.05, 3.63) is 18.4 Å². The van der Waals surface area contributed by atoms with Crippen LogP contribution in [0.3, 0.4) is 0 Å². The van der Waals surface area contributed by atoms with Gasteiger partial charge >= 0.3 is 6.09 Å². The van der Waals surface area contributed by atoms with E-state index in [0.29, 0.717) is 26.8 Å². The molecule has 0 bridgehead atoms. The minimum absolute atomic E-state index is 0.206. The van der Waals surface area contributed by atoms with Gasteiger partial charge in [-0.3, -0.25) is 0 Å². The highest BCUT2D eigenvalue weighted by Gasteiger charge is 2.21. The van der Waals surface area contributed by atoms with Crippen molar-refractivity contribution in [1.29, 1.82) is 0 Å². The largest absolute Gasteiger partial charge is 0.463 e. The Labute approximate surface area is 127 Å². The molecule has 21 heavy (non-hydrogen) atoms. The second-order valence-corrected chi connectivity index (χ2v) is 5.68. The molecule has 0 aliphatic rings. The molecule has 3 heterocycles. The van der Waals surface area contributed by atoms with E-state index in [2.05, 4.69) is 9.97 Å². The van der Waals surface area contributed by atoms with Crippen LogP contribution in [0.15, 0.2) is 28.0 Å². The number of carbonyl (C=O) groups is 1. The van der Waals surface area contributed by atoms with E-state index in [1.165, 1.54) is 11.8 Å². The van der Waals surface area contributed by atoms with Gasteiger partial charge in [-0.15, -0.1) is 0 Å². The number of rotatable bonds is 3. The van der Waals surface area contributed by atoms with Gasteiger partial charge in [-0.2, -0.15) is 0 Å². The van der Waals surface area contributed by atoms with Gasteiger partial charge in [0.15, 0.2) is 10.9 Å². The molecule has 9 heteroatoms. The minimum Gasteiger partial charge on any atom is -0.463 e. The third-order valence-electron chi connectivity index (χ3n) is 2.66. The van der Waals surface area contributed by atoms with E-state index in [0.717, 1.165) is 11.3 Å². The molecule has 0 fully saturated rings. The number of primary amides is 1. The van der Waals surface area contributed by atoms with Gasteiger partial charge in [-0.1, -0.05) is 23.1 Å². The Balaban J connectivity index is 2.29. The Morgan fingerprint density at radius 2 is 2.29 bits per heavy atom. The van der Waals surface area contributed by atoms with E-state index in [1.54, 1.807) is 18.4 Å². The summed E-state index contributed by atoms with van der Waals surface area (Å²) >= 11 is 2.53. The Morgan fingerprint density at radius 1 is 1.48 bits per heavy atom. The SMILES string of the molecule is CSc1nc(-c2ccco2)c2c(N)c(OC(N)=O)sc2n1. The number of thioether (sulfide) groups is 1. The number of aromatic nitrogens is 2. The highest BCUT2D eigenvalue weighted by Crippen LogP contribution is 2.43. The van der Waals surface area contributed by atoms with E-state index in [1.807, 2.05) is 6.26 Å². The topological polar surface area (TPSA) is 117 Å². The second kappa shape index (κ2) is 5.26. The molecular weight excluding hydrogens is 312 g/mol. The third-order valence-corrected chi connectivity index (χ3v) is 4.19. The molecule has 0 saturated heterocycles. The van der Waals surface area contributed by atoms with Gasteiger partial charge in [-0.25, -0.2) is 14.8 Å². The number of nitrogen functional groups attached to an aromatic ring is 1. The summed E-state index contributed by atoms with van der Waals surface area (Å²) in [7, 11) is 0. The van der Waals surface area contributed by atoms with Gasteiger partial charge in [0.2, 0.25) is 5.06 Å². The number of nitrogens with zero attached hydrogens (tertiary/aromatic N) is 2. The normalized spacial score (nSPS) is 10.9. The highest BCUT2D eigenvalue weighted by atomic mass is 32.2. The molecule has 7 nitrogen and oxygen atoms in total. The van der Waals surface area contributed by atoms with Crippen molar-refractivity contribution < 1.29 is 13.9 Å². The van der Waals surface area contributed by atoms with Gasteiger partial charge < -0.3 is 20.6 Å². The van der Waals surface area contributed by atoms with E-state index < -0.39 is 6.09 Å². The van der Waals surface area contributed by atoms with Crippen molar-refractivity contribution in [3.8, 4) is 16.5 Å². The van der Waals surface area contributed by atoms with Crippen LogP contribution in [0.4, 0.5) is 10.5 Å². The van der Waals surface area contributed by atoms with E-state index in [-0.39, 0.29) is 10.8 Å². The number of ether oxygens (including phenoxy) is 1. The molecule has 0 unspecified atom stereocenters. The van der Waals surface area contributed by atoms with Crippen LogP contribution in [-0.2, 0) is 0 Å². The monoisotopic (exact) mass is 322 g/mol. The molecule has 1 amide bonds. The summed E-state index contributed by atoms with van der Waals surface area (Å²) in [5.41, 5.74) is 11.9. The van der Waals surface area contributed by atoms with Crippen LogP contribution in [-0.4, -0.2) is 22.3 Å². The standard InChI is InChI=1S/C12H10N4O3S2/c1-20-12-15-8(5-3-2-4-18-5)6-7(13)10(19-11(14)17)21-9(6)16-12/h2-4H,13H2,1H3,(H2,14,17). The molecular formula is C12H10N4O3S2. The fourth-order valence-corrected chi connectivity index (χ4v) is 3.21. The molecule has 4 N–H and O–H groups in total. The Kier molecular flexibility index (Phi) is 3.43. The van der Waals surface area contributed by atoms with E-state index in [9.17, 15) is 4.79 Å². The predicted molar refractivity (Wildman–Crippen MR) is 81.5 cm³/mol. The number of anilines is 1. The maximum atomic E-state index is 10.9. The molecule has 3 rings (SSSR count). The molecule has 3 aromatic rings. The van der Waals surface area contributed by atoms with Crippen LogP contribution < -0.4 is 16.2 Å². The zero-order valence-electron chi connectivity index (χ0n) is 10.8. The highest BCUT2D eigenvalue weighted by molar-refractivity contribution is 7.98. The van der Waals surface area contributed by atoms with Gasteiger partial charge in [0.05, 0.1) is 17.3 Å². The maximum Gasteiger partial charge on any atom is 0.410 e. The summed E-state index contributed by atoms with van der Waals surface area (Å²) in [5.74, 6) is 0.563. The fourth-order valence-electron chi connectivity index (χ4n) is 1.83. The van der Waals surface area contributed by atoms with E-state index in [4.69, 9.17) is 20.6 Å². The maximum absolute atomic E-state index is 10.9. The number of thiophene rings is 1. The van der Waals surface area contributed by atoms with Gasteiger partial charge in [-0.05, 0) is 18.4 Å². The van der Waals surface area contributed by atoms with Crippen LogP contribution in [0, 0.1) is 0 Å². The first-order valence-electron chi connectivity index (χ1n) is 5.75. The zero-order valence-corrected chi connectivity index (χ0v) is 12.5. The molecule has 0 aromatic carbocycles. The number of fused-ring (bicyclic) bond motifs is 1. The summed E-state index contributed by atoms with van der Waals surface area (Å²) in [5, 5.41) is 1.36. The smallest absolute Gasteiger partial charge is 0.410 e. The van der Waals surface area contributed by atoms with Gasteiger partial charge in [0, 0.05) is 0 Å². The first-order chi connectivity index (χ1) is 10.1. The van der Waals surface area contributed by atoms with E-state index >= 15 is 0 Å². The van der Waals surface area contributed by atoms with Crippen LogP contribution >= 0.6 is 23.1 Å². The van der Waals surface area contributed by atoms with Crippen LogP contribution in [0.25, 0.3) is 21.7 Å². The Morgan fingerprint density at radius 3 is 2.90 bits per heavy atom. The fraction of sp³-hybridized carbons (Fsp3) is 0.0833. The Hall–Kier alpha value is -2.26. The summed E-state index contributed by atoms with van der Waals surface area (Å²) in [6.45, 7) is 0. The predicted octanol–water partition coefficient (Wildman–Crippen LogP) is 2.71.